The lowest BCUT2D eigenvalue weighted by molar-refractivity contribution is -0.118. The lowest BCUT2D eigenvalue weighted by atomic mass is 9.76. The van der Waals surface area contributed by atoms with E-state index in [0.717, 1.165) is 16.8 Å². The maximum absolute atomic E-state index is 13.4. The van der Waals surface area contributed by atoms with Gasteiger partial charge in [0.1, 0.15) is 6.54 Å². The summed E-state index contributed by atoms with van der Waals surface area (Å²) >= 11 is 12.8. The number of anilines is 1. The first-order valence-electron chi connectivity index (χ1n) is 10.8. The van der Waals surface area contributed by atoms with Gasteiger partial charge in [0.25, 0.3) is 5.91 Å². The van der Waals surface area contributed by atoms with Gasteiger partial charge in [-0.3, -0.25) is 9.80 Å². The highest BCUT2D eigenvalue weighted by Gasteiger charge is 2.41. The summed E-state index contributed by atoms with van der Waals surface area (Å²) in [4.78, 5) is 25.4. The molecule has 35 heavy (non-hydrogen) atoms. The van der Waals surface area contributed by atoms with Crippen molar-refractivity contribution in [1.29, 1.82) is 0 Å². The Hall–Kier alpha value is -3.00. The molecular weight excluding hydrogens is 505 g/mol. The first-order valence-corrected chi connectivity index (χ1v) is 12.3. The number of benzene rings is 3. The third-order valence-corrected chi connectivity index (χ3v) is 7.15. The summed E-state index contributed by atoms with van der Waals surface area (Å²) < 4.78 is 6.08. The van der Waals surface area contributed by atoms with Gasteiger partial charge in [-0.1, -0.05) is 65.7 Å². The van der Waals surface area contributed by atoms with Crippen LogP contribution in [-0.2, 0) is 14.9 Å². The second-order valence-corrected chi connectivity index (χ2v) is 9.94. The van der Waals surface area contributed by atoms with Crippen molar-refractivity contribution in [2.75, 3.05) is 24.5 Å². The normalized spacial score (nSPS) is 17.1. The first kappa shape index (κ1) is 25.1. The monoisotopic (exact) mass is 527 g/mol. The Kier molecular flexibility index (Phi) is 7.69. The average Bonchev–Trinajstić information content (AvgIpc) is 3.20. The highest BCUT2D eigenvalue weighted by Crippen LogP contribution is 2.36. The van der Waals surface area contributed by atoms with Crippen LogP contribution in [0.2, 0.25) is 10.0 Å². The van der Waals surface area contributed by atoms with Crippen LogP contribution in [0.1, 0.15) is 18.1 Å². The Morgan fingerprint density at radius 1 is 1.00 bits per heavy atom. The fraction of sp³-hybridized carbons (Fsp3) is 0.192. The first-order chi connectivity index (χ1) is 16.8. The van der Waals surface area contributed by atoms with E-state index >= 15 is 0 Å². The second kappa shape index (κ2) is 10.7. The van der Waals surface area contributed by atoms with E-state index in [1.54, 1.807) is 29.3 Å². The van der Waals surface area contributed by atoms with Gasteiger partial charge in [-0.05, 0) is 54.4 Å². The lowest BCUT2D eigenvalue weighted by Crippen LogP contribution is -2.39. The molecule has 0 saturated carbocycles. The third kappa shape index (κ3) is 5.64. The number of halogens is 2. The molecule has 180 valence electrons. The van der Waals surface area contributed by atoms with Gasteiger partial charge in [0, 0.05) is 10.0 Å². The van der Waals surface area contributed by atoms with Crippen LogP contribution in [0.25, 0.3) is 0 Å². The van der Waals surface area contributed by atoms with Crippen LogP contribution >= 0.6 is 35.1 Å². The summed E-state index contributed by atoms with van der Waals surface area (Å²) in [5.74, 6) is -0.320. The van der Waals surface area contributed by atoms with E-state index in [2.05, 4.69) is 19.1 Å². The van der Waals surface area contributed by atoms with Gasteiger partial charge in [-0.2, -0.15) is 5.10 Å². The van der Waals surface area contributed by atoms with Gasteiger partial charge in [0.05, 0.1) is 42.4 Å². The Morgan fingerprint density at radius 2 is 1.60 bits per heavy atom. The number of hydrazone groups is 1. The molecule has 1 aliphatic rings. The molecule has 1 amide bonds. The lowest BCUT2D eigenvalue weighted by Gasteiger charge is -2.28. The average molecular weight is 528 g/mol. The minimum Gasteiger partial charge on any atom is -0.460 e. The van der Waals surface area contributed by atoms with Crippen LogP contribution in [-0.4, -0.2) is 42.1 Å². The molecule has 0 saturated heterocycles. The predicted octanol–water partition coefficient (Wildman–Crippen LogP) is 6.42. The van der Waals surface area contributed by atoms with Crippen LogP contribution < -0.4 is 4.31 Å². The fourth-order valence-corrected chi connectivity index (χ4v) is 4.85. The molecule has 4 rings (SSSR count). The highest BCUT2D eigenvalue weighted by atomic mass is 35.5. The summed E-state index contributed by atoms with van der Waals surface area (Å²) in [6.45, 7) is 2.56. The Bertz CT molecular complexity index is 1240. The van der Waals surface area contributed by atoms with Gasteiger partial charge < -0.3 is 4.74 Å². The zero-order valence-electron chi connectivity index (χ0n) is 19.2. The standard InChI is InChI=1S/C26H23Cl2N3O3S/c1-26(19-6-4-3-5-7-19)17-30(29-24(26)18-8-10-20(27)11-9-18)16-23(32)31(35-25(33)34-2)22-14-12-21(28)13-15-22/h3-15H,16-17H2,1-2H3. The third-order valence-electron chi connectivity index (χ3n) is 5.73. The van der Waals surface area contributed by atoms with Crippen LogP contribution in [0.4, 0.5) is 10.5 Å². The summed E-state index contributed by atoms with van der Waals surface area (Å²) in [7, 11) is 1.27. The van der Waals surface area contributed by atoms with Crippen molar-refractivity contribution in [3.8, 4) is 0 Å². The molecule has 1 aliphatic heterocycles. The number of ether oxygens (including phenoxy) is 1. The number of nitrogens with zero attached hydrogens (tertiary/aromatic N) is 3. The molecule has 0 N–H and O–H groups in total. The number of rotatable bonds is 5. The van der Waals surface area contributed by atoms with E-state index < -0.39 is 10.7 Å². The Morgan fingerprint density at radius 3 is 2.20 bits per heavy atom. The molecule has 9 heteroatoms. The second-order valence-electron chi connectivity index (χ2n) is 8.19. The van der Waals surface area contributed by atoms with Crippen molar-refractivity contribution in [3.63, 3.8) is 0 Å². The maximum Gasteiger partial charge on any atom is 0.388 e. The molecule has 0 spiro atoms. The number of hydrogen-bond acceptors (Lipinski definition) is 6. The van der Waals surface area contributed by atoms with E-state index in [4.69, 9.17) is 33.0 Å². The fourth-order valence-electron chi connectivity index (χ4n) is 3.99. The summed E-state index contributed by atoms with van der Waals surface area (Å²) in [5, 5.41) is 7.16. The maximum atomic E-state index is 13.4. The molecule has 1 heterocycles. The van der Waals surface area contributed by atoms with Gasteiger partial charge >= 0.3 is 5.30 Å². The predicted molar refractivity (Wildman–Crippen MR) is 142 cm³/mol. The molecule has 0 bridgehead atoms. The van der Waals surface area contributed by atoms with Crippen molar-refractivity contribution in [2.45, 2.75) is 12.3 Å². The topological polar surface area (TPSA) is 62.2 Å². The molecule has 3 aromatic rings. The van der Waals surface area contributed by atoms with Gasteiger partial charge in [0.15, 0.2) is 0 Å². The zero-order valence-corrected chi connectivity index (χ0v) is 21.5. The van der Waals surface area contributed by atoms with E-state index in [0.29, 0.717) is 34.2 Å². The molecule has 1 unspecified atom stereocenters. The van der Waals surface area contributed by atoms with Crippen molar-refractivity contribution in [2.24, 2.45) is 5.10 Å². The van der Waals surface area contributed by atoms with Gasteiger partial charge in [-0.15, -0.1) is 0 Å². The molecule has 0 fully saturated rings. The van der Waals surface area contributed by atoms with Gasteiger partial charge in [-0.25, -0.2) is 9.10 Å². The van der Waals surface area contributed by atoms with Crippen molar-refractivity contribution in [1.82, 2.24) is 5.01 Å². The number of carbonyl (C=O) groups is 2. The Balaban J connectivity index is 1.65. The largest absolute Gasteiger partial charge is 0.460 e. The summed E-state index contributed by atoms with van der Waals surface area (Å²) in [5.41, 5.74) is 2.90. The molecule has 0 aromatic heterocycles. The minimum absolute atomic E-state index is 0.0356. The van der Waals surface area contributed by atoms with E-state index in [-0.39, 0.29) is 12.5 Å². The van der Waals surface area contributed by atoms with E-state index in [1.165, 1.54) is 11.4 Å². The zero-order chi connectivity index (χ0) is 25.0. The summed E-state index contributed by atoms with van der Waals surface area (Å²) in [6.07, 6.45) is 0. The van der Waals surface area contributed by atoms with Crippen LogP contribution in [0, 0.1) is 0 Å². The quantitative estimate of drug-likeness (QED) is 0.283. The van der Waals surface area contributed by atoms with Crippen LogP contribution in [0.15, 0.2) is 84.0 Å². The van der Waals surface area contributed by atoms with E-state index in [9.17, 15) is 9.59 Å². The van der Waals surface area contributed by atoms with Crippen molar-refractivity contribution < 1.29 is 14.3 Å². The van der Waals surface area contributed by atoms with Crippen molar-refractivity contribution in [3.05, 3.63) is 100 Å². The summed E-state index contributed by atoms with van der Waals surface area (Å²) in [6, 6.07) is 24.3. The van der Waals surface area contributed by atoms with Crippen LogP contribution in [0.5, 0.6) is 0 Å². The Labute approximate surface area is 218 Å². The molecule has 0 radical (unpaired) electrons. The number of hydrogen-bond donors (Lipinski definition) is 0. The molecule has 1 atom stereocenters. The van der Waals surface area contributed by atoms with Crippen molar-refractivity contribution >= 4 is 57.8 Å². The van der Waals surface area contributed by atoms with Gasteiger partial charge in [0.2, 0.25) is 0 Å². The smallest absolute Gasteiger partial charge is 0.388 e. The number of carbonyl (C=O) groups excluding carboxylic acids is 2. The number of amides is 1. The molecular formula is C26H23Cl2N3O3S. The minimum atomic E-state index is -0.603. The molecule has 6 nitrogen and oxygen atoms in total. The SMILES string of the molecule is COC(=O)SN(C(=O)CN1CC(C)(c2ccccc2)C(c2ccc(Cl)cc2)=N1)c1ccc(Cl)cc1. The van der Waals surface area contributed by atoms with E-state index in [1.807, 2.05) is 42.5 Å². The number of methoxy groups -OCH3 is 1. The highest BCUT2D eigenvalue weighted by molar-refractivity contribution is 8.15. The molecule has 0 aliphatic carbocycles. The van der Waals surface area contributed by atoms with Crippen LogP contribution in [0.3, 0.4) is 0 Å². The molecule has 3 aromatic carbocycles.